The van der Waals surface area contributed by atoms with Gasteiger partial charge in [-0.05, 0) is 43.4 Å². The van der Waals surface area contributed by atoms with Crippen LogP contribution >= 0.6 is 0 Å². The maximum Gasteiger partial charge on any atom is 0.303 e. The number of rotatable bonds is 7. The Morgan fingerprint density at radius 1 is 1.40 bits per heavy atom. The number of aliphatic carboxylic acids is 1. The summed E-state index contributed by atoms with van der Waals surface area (Å²) in [5, 5.41) is 8.62. The summed E-state index contributed by atoms with van der Waals surface area (Å²) in [6.07, 6.45) is 2.25. The molecule has 0 radical (unpaired) electrons. The smallest absolute Gasteiger partial charge is 0.303 e. The molecule has 1 aromatic rings. The Morgan fingerprint density at radius 3 is 2.90 bits per heavy atom. The third-order valence-electron chi connectivity index (χ3n) is 3.33. The first kappa shape index (κ1) is 14.7. The molecule has 1 unspecified atom stereocenters. The van der Waals surface area contributed by atoms with Crippen LogP contribution in [0.25, 0.3) is 0 Å². The van der Waals surface area contributed by atoms with Crippen molar-refractivity contribution in [3.05, 3.63) is 23.3 Å². The predicted molar refractivity (Wildman–Crippen MR) is 75.4 cm³/mol. The highest BCUT2D eigenvalue weighted by molar-refractivity contribution is 5.66. The lowest BCUT2D eigenvalue weighted by molar-refractivity contribution is -0.137. The van der Waals surface area contributed by atoms with Crippen LogP contribution in [0.5, 0.6) is 11.5 Å². The zero-order valence-corrected chi connectivity index (χ0v) is 11.7. The summed E-state index contributed by atoms with van der Waals surface area (Å²) in [4.78, 5) is 10.5. The fourth-order valence-corrected chi connectivity index (χ4v) is 2.49. The van der Waals surface area contributed by atoms with E-state index in [2.05, 4.69) is 0 Å². The van der Waals surface area contributed by atoms with E-state index in [4.69, 9.17) is 20.3 Å². The number of carbonyl (C=O) groups is 1. The van der Waals surface area contributed by atoms with Gasteiger partial charge in [0.15, 0.2) is 0 Å². The van der Waals surface area contributed by atoms with Crippen molar-refractivity contribution in [2.45, 2.75) is 38.6 Å². The topological polar surface area (TPSA) is 81.8 Å². The Kier molecular flexibility index (Phi) is 4.84. The van der Waals surface area contributed by atoms with Crippen molar-refractivity contribution in [2.24, 2.45) is 5.73 Å². The van der Waals surface area contributed by atoms with Gasteiger partial charge in [-0.25, -0.2) is 0 Å². The molecule has 0 saturated heterocycles. The van der Waals surface area contributed by atoms with E-state index in [1.54, 1.807) is 0 Å². The van der Waals surface area contributed by atoms with Gasteiger partial charge in [-0.15, -0.1) is 0 Å². The van der Waals surface area contributed by atoms with Gasteiger partial charge >= 0.3 is 5.97 Å². The van der Waals surface area contributed by atoms with E-state index in [9.17, 15) is 4.79 Å². The maximum atomic E-state index is 10.5. The van der Waals surface area contributed by atoms with E-state index in [-0.39, 0.29) is 12.5 Å². The standard InChI is InChI=1S/C15H21NO4/c1-2-19-12-7-10-6-11(16)8-13(10)14(9-12)20-5-3-4-15(17)18/h7,9,11H,2-6,8,16H2,1H3,(H,17,18). The molecule has 110 valence electrons. The molecule has 1 aromatic carbocycles. The fourth-order valence-electron chi connectivity index (χ4n) is 2.49. The van der Waals surface area contributed by atoms with Crippen LogP contribution in [-0.4, -0.2) is 30.3 Å². The van der Waals surface area contributed by atoms with Gasteiger partial charge in [-0.2, -0.15) is 0 Å². The molecule has 1 aliphatic carbocycles. The van der Waals surface area contributed by atoms with Crippen LogP contribution in [0.15, 0.2) is 12.1 Å². The summed E-state index contributed by atoms with van der Waals surface area (Å²) in [7, 11) is 0. The lowest BCUT2D eigenvalue weighted by atomic mass is 10.1. The van der Waals surface area contributed by atoms with Gasteiger partial charge < -0.3 is 20.3 Å². The Bertz CT molecular complexity index is 487. The molecular weight excluding hydrogens is 258 g/mol. The molecule has 0 heterocycles. The average Bonchev–Trinajstić information content (AvgIpc) is 2.75. The number of hydrogen-bond donors (Lipinski definition) is 2. The first-order valence-electron chi connectivity index (χ1n) is 6.99. The molecule has 0 fully saturated rings. The third-order valence-corrected chi connectivity index (χ3v) is 3.33. The largest absolute Gasteiger partial charge is 0.494 e. The van der Waals surface area contributed by atoms with Crippen LogP contribution in [0.2, 0.25) is 0 Å². The molecule has 3 N–H and O–H groups in total. The molecule has 0 saturated carbocycles. The average molecular weight is 279 g/mol. The van der Waals surface area contributed by atoms with Crippen molar-refractivity contribution < 1.29 is 19.4 Å². The van der Waals surface area contributed by atoms with Gasteiger partial charge in [0.1, 0.15) is 11.5 Å². The molecule has 2 rings (SSSR count). The Morgan fingerprint density at radius 2 is 2.20 bits per heavy atom. The Hall–Kier alpha value is -1.75. The van der Waals surface area contributed by atoms with Crippen molar-refractivity contribution in [3.63, 3.8) is 0 Å². The molecule has 20 heavy (non-hydrogen) atoms. The highest BCUT2D eigenvalue weighted by atomic mass is 16.5. The van der Waals surface area contributed by atoms with E-state index < -0.39 is 5.97 Å². The monoisotopic (exact) mass is 279 g/mol. The molecule has 1 aliphatic rings. The second-order valence-corrected chi connectivity index (χ2v) is 5.01. The Balaban J connectivity index is 2.08. The normalized spacial score (nSPS) is 16.8. The second kappa shape index (κ2) is 6.61. The van der Waals surface area contributed by atoms with E-state index in [0.29, 0.717) is 19.6 Å². The number of benzene rings is 1. The van der Waals surface area contributed by atoms with Crippen LogP contribution in [0.3, 0.4) is 0 Å². The molecule has 0 spiro atoms. The molecule has 0 bridgehead atoms. The Labute approximate surface area is 118 Å². The van der Waals surface area contributed by atoms with Crippen LogP contribution < -0.4 is 15.2 Å². The first-order chi connectivity index (χ1) is 9.60. The van der Waals surface area contributed by atoms with E-state index in [0.717, 1.165) is 29.9 Å². The zero-order valence-electron chi connectivity index (χ0n) is 11.7. The number of nitrogens with two attached hydrogens (primary N) is 1. The van der Waals surface area contributed by atoms with Crippen molar-refractivity contribution in [2.75, 3.05) is 13.2 Å². The van der Waals surface area contributed by atoms with Crippen molar-refractivity contribution in [1.29, 1.82) is 0 Å². The highest BCUT2D eigenvalue weighted by Gasteiger charge is 2.23. The molecule has 0 aliphatic heterocycles. The minimum absolute atomic E-state index is 0.118. The lowest BCUT2D eigenvalue weighted by Crippen LogP contribution is -2.19. The minimum atomic E-state index is -0.802. The summed E-state index contributed by atoms with van der Waals surface area (Å²) in [5.74, 6) is 0.766. The first-order valence-corrected chi connectivity index (χ1v) is 6.99. The van der Waals surface area contributed by atoms with E-state index >= 15 is 0 Å². The molecule has 0 amide bonds. The van der Waals surface area contributed by atoms with Gasteiger partial charge in [0, 0.05) is 18.5 Å². The van der Waals surface area contributed by atoms with E-state index in [1.165, 1.54) is 5.56 Å². The summed E-state index contributed by atoms with van der Waals surface area (Å²) in [5.41, 5.74) is 8.31. The van der Waals surface area contributed by atoms with Crippen LogP contribution in [0.1, 0.15) is 30.9 Å². The van der Waals surface area contributed by atoms with Crippen LogP contribution in [0, 0.1) is 0 Å². The minimum Gasteiger partial charge on any atom is -0.494 e. The quantitative estimate of drug-likeness (QED) is 0.743. The maximum absolute atomic E-state index is 10.5. The summed E-state index contributed by atoms with van der Waals surface area (Å²) >= 11 is 0. The van der Waals surface area contributed by atoms with Crippen molar-refractivity contribution in [1.82, 2.24) is 0 Å². The summed E-state index contributed by atoms with van der Waals surface area (Å²) < 4.78 is 11.3. The molecule has 5 heteroatoms. The van der Waals surface area contributed by atoms with Gasteiger partial charge in [0.05, 0.1) is 13.2 Å². The summed E-state index contributed by atoms with van der Waals surface area (Å²) in [6, 6.07) is 4.03. The number of ether oxygens (including phenoxy) is 2. The molecular formula is C15H21NO4. The van der Waals surface area contributed by atoms with Gasteiger partial charge in [0.25, 0.3) is 0 Å². The van der Waals surface area contributed by atoms with E-state index in [1.807, 2.05) is 19.1 Å². The van der Waals surface area contributed by atoms with Crippen molar-refractivity contribution in [3.8, 4) is 11.5 Å². The summed E-state index contributed by atoms with van der Waals surface area (Å²) in [6.45, 7) is 2.93. The second-order valence-electron chi connectivity index (χ2n) is 5.01. The van der Waals surface area contributed by atoms with Crippen LogP contribution in [-0.2, 0) is 17.6 Å². The van der Waals surface area contributed by atoms with Crippen LogP contribution in [0.4, 0.5) is 0 Å². The number of hydrogen-bond acceptors (Lipinski definition) is 4. The SMILES string of the molecule is CCOc1cc2c(c(OCCCC(=O)O)c1)CC(N)C2. The van der Waals surface area contributed by atoms with Gasteiger partial charge in [-0.3, -0.25) is 4.79 Å². The highest BCUT2D eigenvalue weighted by Crippen LogP contribution is 2.34. The van der Waals surface area contributed by atoms with Gasteiger partial charge in [-0.1, -0.05) is 0 Å². The fraction of sp³-hybridized carbons (Fsp3) is 0.533. The number of fused-ring (bicyclic) bond motifs is 1. The van der Waals surface area contributed by atoms with Gasteiger partial charge in [0.2, 0.25) is 0 Å². The van der Waals surface area contributed by atoms with Crippen molar-refractivity contribution >= 4 is 5.97 Å². The molecule has 5 nitrogen and oxygen atoms in total. The number of carboxylic acids is 1. The molecule has 0 aromatic heterocycles. The zero-order chi connectivity index (χ0) is 14.5. The number of carboxylic acid groups (broad SMARTS) is 1. The lowest BCUT2D eigenvalue weighted by Gasteiger charge is -2.13. The third kappa shape index (κ3) is 3.63. The predicted octanol–water partition coefficient (Wildman–Crippen LogP) is 1.75. The molecule has 1 atom stereocenters.